The molecule has 0 bridgehead atoms. The van der Waals surface area contributed by atoms with Gasteiger partial charge in [0.25, 0.3) is 11.8 Å². The van der Waals surface area contributed by atoms with Crippen molar-refractivity contribution in [2.75, 3.05) is 31.2 Å². The van der Waals surface area contributed by atoms with Gasteiger partial charge in [-0.2, -0.15) is 0 Å². The second kappa shape index (κ2) is 9.47. The number of hydrogen-bond donors (Lipinski definition) is 2. The number of nitrogens with one attached hydrogen (secondary N) is 1. The number of hydrogen-bond acceptors (Lipinski definition) is 6. The van der Waals surface area contributed by atoms with Gasteiger partial charge in [0.1, 0.15) is 17.3 Å². The average molecular weight is 431 g/mol. The number of nitrogens with zero attached hydrogens (tertiary/aromatic N) is 3. The van der Waals surface area contributed by atoms with E-state index < -0.39 is 0 Å². The number of aromatic nitrogens is 2. The molecule has 1 fully saturated rings. The van der Waals surface area contributed by atoms with Crippen molar-refractivity contribution in [3.63, 3.8) is 0 Å². The highest BCUT2D eigenvalue weighted by Crippen LogP contribution is 2.29. The third-order valence-electron chi connectivity index (χ3n) is 5.63. The van der Waals surface area contributed by atoms with Gasteiger partial charge < -0.3 is 20.7 Å². The molecule has 4 rings (SSSR count). The average Bonchev–Trinajstić information content (AvgIpc) is 2.84. The van der Waals surface area contributed by atoms with Crippen LogP contribution in [0.3, 0.4) is 0 Å². The van der Waals surface area contributed by atoms with Gasteiger partial charge in [0.05, 0.1) is 18.4 Å². The number of rotatable bonds is 5. The number of anilines is 2. The molecular weight excluding hydrogens is 406 g/mol. The highest BCUT2D eigenvalue weighted by molar-refractivity contribution is 6.07. The molecule has 3 aromatic rings. The fourth-order valence-electron chi connectivity index (χ4n) is 3.88. The monoisotopic (exact) mass is 431 g/mol. The summed E-state index contributed by atoms with van der Waals surface area (Å²) in [4.78, 5) is 35.8. The first-order valence-electron chi connectivity index (χ1n) is 10.5. The number of likely N-dealkylation sites (tertiary alicyclic amines) is 1. The van der Waals surface area contributed by atoms with Crippen LogP contribution in [0.1, 0.15) is 45.3 Å². The van der Waals surface area contributed by atoms with Gasteiger partial charge in [-0.3, -0.25) is 14.6 Å². The van der Waals surface area contributed by atoms with Crippen molar-refractivity contribution >= 4 is 23.3 Å². The fraction of sp³-hybridized carbons (Fsp3) is 0.250. The molecule has 1 aromatic carbocycles. The summed E-state index contributed by atoms with van der Waals surface area (Å²) in [5.41, 5.74) is 8.29. The number of piperidine rings is 1. The number of para-hydroxylation sites is 2. The number of amides is 2. The Morgan fingerprint density at radius 2 is 1.81 bits per heavy atom. The lowest BCUT2D eigenvalue weighted by Gasteiger charge is -2.31. The Balaban J connectivity index is 1.40. The van der Waals surface area contributed by atoms with Crippen LogP contribution in [0, 0.1) is 0 Å². The summed E-state index contributed by atoms with van der Waals surface area (Å²) in [7, 11) is 1.55. The Morgan fingerprint density at radius 3 is 2.50 bits per heavy atom. The maximum atomic E-state index is 12.7. The summed E-state index contributed by atoms with van der Waals surface area (Å²) in [6, 6.07) is 16.0. The zero-order valence-corrected chi connectivity index (χ0v) is 17.8. The van der Waals surface area contributed by atoms with Crippen molar-refractivity contribution < 1.29 is 14.3 Å². The van der Waals surface area contributed by atoms with Crippen LogP contribution >= 0.6 is 0 Å². The Labute approximate surface area is 186 Å². The molecule has 2 amide bonds. The standard InChI is InChI=1S/C24H25N5O3/c1-32-21-8-3-2-6-19(21)28-23(30)17-9-10-18(27-22(17)25)16-11-14-29(15-12-16)24(31)20-7-4-5-13-26-20/h2-10,13,16H,11-12,14-15H2,1H3,(H2,25,27)(H,28,30). The van der Waals surface area contributed by atoms with Gasteiger partial charge in [-0.05, 0) is 49.2 Å². The largest absolute Gasteiger partial charge is 0.495 e. The molecule has 164 valence electrons. The quantitative estimate of drug-likeness (QED) is 0.641. The molecule has 0 spiro atoms. The van der Waals surface area contributed by atoms with E-state index in [2.05, 4.69) is 15.3 Å². The summed E-state index contributed by atoms with van der Waals surface area (Å²) >= 11 is 0. The molecule has 0 atom stereocenters. The molecule has 1 aliphatic rings. The molecule has 0 aliphatic carbocycles. The molecule has 0 radical (unpaired) electrons. The maximum absolute atomic E-state index is 12.7. The van der Waals surface area contributed by atoms with E-state index >= 15 is 0 Å². The van der Waals surface area contributed by atoms with Gasteiger partial charge in [0, 0.05) is 30.9 Å². The van der Waals surface area contributed by atoms with Gasteiger partial charge in [-0.25, -0.2) is 4.98 Å². The third-order valence-corrected chi connectivity index (χ3v) is 5.63. The summed E-state index contributed by atoms with van der Waals surface area (Å²) in [5, 5.41) is 2.82. The van der Waals surface area contributed by atoms with Crippen LogP contribution in [-0.2, 0) is 0 Å². The number of nitrogen functional groups attached to an aromatic ring is 1. The Hall–Kier alpha value is -3.94. The predicted molar refractivity (Wildman–Crippen MR) is 122 cm³/mol. The van der Waals surface area contributed by atoms with Gasteiger partial charge in [0.15, 0.2) is 0 Å². The van der Waals surface area contributed by atoms with E-state index in [9.17, 15) is 9.59 Å². The first kappa shape index (κ1) is 21.3. The second-order valence-electron chi connectivity index (χ2n) is 7.60. The molecule has 3 heterocycles. The van der Waals surface area contributed by atoms with E-state index in [0.29, 0.717) is 35.8 Å². The molecule has 3 N–H and O–H groups in total. The van der Waals surface area contributed by atoms with Gasteiger partial charge >= 0.3 is 0 Å². The van der Waals surface area contributed by atoms with Crippen LogP contribution in [0.4, 0.5) is 11.5 Å². The molecular formula is C24H25N5O3. The summed E-state index contributed by atoms with van der Waals surface area (Å²) < 4.78 is 5.27. The summed E-state index contributed by atoms with van der Waals surface area (Å²) in [6.45, 7) is 1.25. The van der Waals surface area contributed by atoms with E-state index in [4.69, 9.17) is 10.5 Å². The molecule has 0 saturated carbocycles. The number of pyridine rings is 2. The minimum atomic E-state index is -0.346. The van der Waals surface area contributed by atoms with Crippen molar-refractivity contribution in [3.05, 3.63) is 77.7 Å². The second-order valence-corrected chi connectivity index (χ2v) is 7.60. The van der Waals surface area contributed by atoms with Crippen molar-refractivity contribution in [3.8, 4) is 5.75 Å². The minimum absolute atomic E-state index is 0.0557. The highest BCUT2D eigenvalue weighted by Gasteiger charge is 2.26. The Morgan fingerprint density at radius 1 is 1.06 bits per heavy atom. The van der Waals surface area contributed by atoms with Crippen molar-refractivity contribution in [2.45, 2.75) is 18.8 Å². The predicted octanol–water partition coefficient (Wildman–Crippen LogP) is 3.34. The molecule has 8 heteroatoms. The number of nitrogens with two attached hydrogens (primary N) is 1. The molecule has 8 nitrogen and oxygen atoms in total. The van der Waals surface area contributed by atoms with Crippen LogP contribution in [0.25, 0.3) is 0 Å². The van der Waals surface area contributed by atoms with Crippen LogP contribution < -0.4 is 15.8 Å². The van der Waals surface area contributed by atoms with Gasteiger partial charge in [0.2, 0.25) is 0 Å². The van der Waals surface area contributed by atoms with Crippen molar-refractivity contribution in [1.82, 2.24) is 14.9 Å². The van der Waals surface area contributed by atoms with E-state index in [1.54, 1.807) is 43.6 Å². The fourth-order valence-corrected chi connectivity index (χ4v) is 3.88. The van der Waals surface area contributed by atoms with E-state index in [-0.39, 0.29) is 23.6 Å². The zero-order valence-electron chi connectivity index (χ0n) is 17.8. The lowest BCUT2D eigenvalue weighted by atomic mass is 9.92. The Kier molecular flexibility index (Phi) is 6.30. The van der Waals surface area contributed by atoms with E-state index in [1.807, 2.05) is 29.2 Å². The van der Waals surface area contributed by atoms with Crippen LogP contribution in [0.5, 0.6) is 5.75 Å². The first-order valence-corrected chi connectivity index (χ1v) is 10.5. The number of carbonyl (C=O) groups is 2. The number of methoxy groups -OCH3 is 1. The van der Waals surface area contributed by atoms with Gasteiger partial charge in [-0.15, -0.1) is 0 Å². The minimum Gasteiger partial charge on any atom is -0.495 e. The highest BCUT2D eigenvalue weighted by atomic mass is 16.5. The zero-order chi connectivity index (χ0) is 22.5. The first-order chi connectivity index (χ1) is 15.6. The van der Waals surface area contributed by atoms with E-state index in [0.717, 1.165) is 18.5 Å². The summed E-state index contributed by atoms with van der Waals surface area (Å²) in [5.74, 6) is 0.524. The van der Waals surface area contributed by atoms with Crippen molar-refractivity contribution in [2.24, 2.45) is 0 Å². The number of benzene rings is 1. The topological polar surface area (TPSA) is 110 Å². The maximum Gasteiger partial charge on any atom is 0.272 e. The molecule has 1 saturated heterocycles. The lowest BCUT2D eigenvalue weighted by molar-refractivity contribution is 0.0706. The van der Waals surface area contributed by atoms with Crippen molar-refractivity contribution in [1.29, 1.82) is 0 Å². The lowest BCUT2D eigenvalue weighted by Crippen LogP contribution is -2.38. The molecule has 2 aromatic heterocycles. The molecule has 32 heavy (non-hydrogen) atoms. The third kappa shape index (κ3) is 4.54. The van der Waals surface area contributed by atoms with Crippen LogP contribution in [0.15, 0.2) is 60.8 Å². The van der Waals surface area contributed by atoms with Crippen LogP contribution in [0.2, 0.25) is 0 Å². The molecule has 0 unspecified atom stereocenters. The number of carbonyl (C=O) groups excluding carboxylic acids is 2. The smallest absolute Gasteiger partial charge is 0.272 e. The normalized spacial score (nSPS) is 14.1. The number of ether oxygens (including phenoxy) is 1. The summed E-state index contributed by atoms with van der Waals surface area (Å²) in [6.07, 6.45) is 3.17. The molecule has 1 aliphatic heterocycles. The SMILES string of the molecule is COc1ccccc1NC(=O)c1ccc(C2CCN(C(=O)c3ccccn3)CC2)nc1N. The van der Waals surface area contributed by atoms with Crippen LogP contribution in [-0.4, -0.2) is 46.9 Å². The van der Waals surface area contributed by atoms with E-state index in [1.165, 1.54) is 0 Å². The van der Waals surface area contributed by atoms with Gasteiger partial charge in [-0.1, -0.05) is 18.2 Å². The Bertz CT molecular complexity index is 1110.